The van der Waals surface area contributed by atoms with E-state index in [9.17, 15) is 23.6 Å². The maximum Gasteiger partial charge on any atom is 0.303 e. The summed E-state index contributed by atoms with van der Waals surface area (Å²) < 4.78 is 13.6. The highest BCUT2D eigenvalue weighted by molar-refractivity contribution is 8.26. The first kappa shape index (κ1) is 30.4. The van der Waals surface area contributed by atoms with Crippen LogP contribution >= 0.6 is 24.0 Å². The van der Waals surface area contributed by atoms with Crippen molar-refractivity contribution in [1.82, 2.24) is 4.90 Å². The molecule has 4 rings (SSSR count). The van der Waals surface area contributed by atoms with E-state index in [1.165, 1.54) is 29.2 Å². The van der Waals surface area contributed by atoms with Crippen LogP contribution in [0.5, 0.6) is 0 Å². The third kappa shape index (κ3) is 7.80. The molecular formula is C30H32FN3O5S2. The van der Waals surface area contributed by atoms with Crippen molar-refractivity contribution in [2.45, 2.75) is 57.8 Å². The molecule has 0 aromatic heterocycles. The average molecular weight is 598 g/mol. The van der Waals surface area contributed by atoms with Gasteiger partial charge in [0.05, 0.1) is 16.2 Å². The third-order valence-electron chi connectivity index (χ3n) is 6.95. The van der Waals surface area contributed by atoms with Crippen LogP contribution in [0.3, 0.4) is 0 Å². The van der Waals surface area contributed by atoms with Gasteiger partial charge in [-0.1, -0.05) is 80.7 Å². The van der Waals surface area contributed by atoms with Crippen LogP contribution in [-0.2, 0) is 19.2 Å². The Labute approximate surface area is 248 Å². The Morgan fingerprint density at radius 1 is 0.854 bits per heavy atom. The van der Waals surface area contributed by atoms with E-state index in [1.807, 2.05) is 0 Å². The number of rotatable bonds is 14. The number of benzene rings is 2. The molecule has 0 atom stereocenters. The highest BCUT2D eigenvalue weighted by Gasteiger charge is 2.42. The molecule has 0 unspecified atom stereocenters. The summed E-state index contributed by atoms with van der Waals surface area (Å²) in [7, 11) is 0. The summed E-state index contributed by atoms with van der Waals surface area (Å²) in [6.45, 7) is 0.205. The SMILES string of the molecule is O=C(O)CCCCCCCCCCN1C(=O)/C(=C2/C(=O)N(CC(=O)Nc3ccc(F)cc3)c3ccccc32)SC1=S. The van der Waals surface area contributed by atoms with Gasteiger partial charge in [-0.15, -0.1) is 0 Å². The van der Waals surface area contributed by atoms with Gasteiger partial charge in [-0.25, -0.2) is 4.39 Å². The number of amides is 3. The number of hydrogen-bond donors (Lipinski definition) is 2. The number of aliphatic carboxylic acids is 1. The first-order valence-corrected chi connectivity index (χ1v) is 14.9. The number of thioether (sulfide) groups is 1. The molecule has 2 aliphatic rings. The lowest BCUT2D eigenvalue weighted by Gasteiger charge is -2.17. The van der Waals surface area contributed by atoms with Gasteiger partial charge in [-0.2, -0.15) is 0 Å². The fraction of sp³-hybridized carbons (Fsp3) is 0.367. The van der Waals surface area contributed by atoms with Gasteiger partial charge < -0.3 is 10.4 Å². The number of para-hydroxylation sites is 1. The maximum atomic E-state index is 13.6. The van der Waals surface area contributed by atoms with Crippen LogP contribution in [0.1, 0.15) is 63.4 Å². The standard InChI is InChI=1S/C30H32FN3O5S2/c31-20-14-16-21(17-15-20)32-24(35)19-34-23-12-9-8-11-22(23)26(28(34)38)27-29(39)33(30(40)41-27)18-10-6-4-2-1-3-5-7-13-25(36)37/h8-9,11-12,14-17H,1-7,10,13,18-19H2,(H,32,35)(H,36,37)/b27-26-. The Morgan fingerprint density at radius 3 is 2.17 bits per heavy atom. The zero-order valence-electron chi connectivity index (χ0n) is 22.6. The number of carboxylic acids is 1. The van der Waals surface area contributed by atoms with Crippen molar-refractivity contribution in [3.63, 3.8) is 0 Å². The van der Waals surface area contributed by atoms with Gasteiger partial charge in [0.25, 0.3) is 11.8 Å². The topological polar surface area (TPSA) is 107 Å². The van der Waals surface area contributed by atoms with Crippen molar-refractivity contribution >= 4 is 68.9 Å². The Morgan fingerprint density at radius 2 is 1.49 bits per heavy atom. The lowest BCUT2D eigenvalue weighted by atomic mass is 10.1. The van der Waals surface area contributed by atoms with Crippen LogP contribution in [0.2, 0.25) is 0 Å². The van der Waals surface area contributed by atoms with Gasteiger partial charge in [0.1, 0.15) is 16.7 Å². The summed E-state index contributed by atoms with van der Waals surface area (Å²) >= 11 is 6.62. The fourth-order valence-electron chi connectivity index (χ4n) is 4.88. The summed E-state index contributed by atoms with van der Waals surface area (Å²) in [6, 6.07) is 12.4. The minimum absolute atomic E-state index is 0.224. The number of thiocarbonyl (C=S) groups is 1. The van der Waals surface area contributed by atoms with E-state index in [2.05, 4.69) is 5.32 Å². The van der Waals surface area contributed by atoms with Gasteiger partial charge >= 0.3 is 5.97 Å². The molecule has 2 aromatic rings. The zero-order valence-corrected chi connectivity index (χ0v) is 24.2. The number of carboxylic acid groups (broad SMARTS) is 1. The molecule has 41 heavy (non-hydrogen) atoms. The Hall–Kier alpha value is -3.57. The van der Waals surface area contributed by atoms with Crippen LogP contribution in [0, 0.1) is 5.82 Å². The highest BCUT2D eigenvalue weighted by Crippen LogP contribution is 2.44. The second-order valence-corrected chi connectivity index (χ2v) is 11.6. The largest absolute Gasteiger partial charge is 0.481 e. The van der Waals surface area contributed by atoms with E-state index in [-0.39, 0.29) is 29.4 Å². The summed E-state index contributed by atoms with van der Waals surface area (Å²) in [5.74, 6) is -2.36. The van der Waals surface area contributed by atoms with Crippen LogP contribution in [-0.4, -0.2) is 51.1 Å². The molecule has 2 heterocycles. The van der Waals surface area contributed by atoms with Crippen molar-refractivity contribution in [3.05, 3.63) is 64.8 Å². The second-order valence-electron chi connectivity index (χ2n) is 9.96. The van der Waals surface area contributed by atoms with Crippen molar-refractivity contribution in [3.8, 4) is 0 Å². The Kier molecular flexibility index (Phi) is 10.6. The molecule has 0 aliphatic carbocycles. The molecular weight excluding hydrogens is 565 g/mol. The minimum atomic E-state index is -0.749. The Balaban J connectivity index is 1.34. The van der Waals surface area contributed by atoms with E-state index in [1.54, 1.807) is 29.2 Å². The molecule has 8 nitrogen and oxygen atoms in total. The quantitative estimate of drug-likeness (QED) is 0.157. The van der Waals surface area contributed by atoms with Crippen LogP contribution < -0.4 is 10.2 Å². The summed E-state index contributed by atoms with van der Waals surface area (Å²) in [5.41, 5.74) is 1.78. The smallest absolute Gasteiger partial charge is 0.303 e. The van der Waals surface area contributed by atoms with Crippen LogP contribution in [0.25, 0.3) is 5.57 Å². The van der Waals surface area contributed by atoms with E-state index < -0.39 is 23.6 Å². The van der Waals surface area contributed by atoms with E-state index in [4.69, 9.17) is 17.3 Å². The molecule has 2 N–H and O–H groups in total. The fourth-order valence-corrected chi connectivity index (χ4v) is 6.26. The van der Waals surface area contributed by atoms with Gasteiger partial charge in [-0.3, -0.25) is 29.0 Å². The molecule has 0 radical (unpaired) electrons. The predicted molar refractivity (Wildman–Crippen MR) is 162 cm³/mol. The average Bonchev–Trinajstić information content (AvgIpc) is 3.37. The lowest BCUT2D eigenvalue weighted by molar-refractivity contribution is -0.137. The number of anilines is 2. The van der Waals surface area contributed by atoms with Crippen LogP contribution in [0.15, 0.2) is 53.4 Å². The lowest BCUT2D eigenvalue weighted by Crippen LogP contribution is -2.35. The molecule has 1 saturated heterocycles. The van der Waals surface area contributed by atoms with E-state index in [0.717, 1.165) is 56.7 Å². The molecule has 0 bridgehead atoms. The monoisotopic (exact) mass is 597 g/mol. The van der Waals surface area contributed by atoms with Crippen LogP contribution in [0.4, 0.5) is 15.8 Å². The molecule has 2 aliphatic heterocycles. The van der Waals surface area contributed by atoms with Gasteiger partial charge in [0, 0.05) is 24.2 Å². The summed E-state index contributed by atoms with van der Waals surface area (Å²) in [4.78, 5) is 53.5. The summed E-state index contributed by atoms with van der Waals surface area (Å²) in [6.07, 6.45) is 7.76. The molecule has 216 valence electrons. The van der Waals surface area contributed by atoms with Crippen molar-refractivity contribution < 1.29 is 28.7 Å². The summed E-state index contributed by atoms with van der Waals surface area (Å²) in [5, 5.41) is 11.4. The number of halogens is 1. The molecule has 0 spiro atoms. The van der Waals surface area contributed by atoms with E-state index in [0.29, 0.717) is 34.2 Å². The number of carbonyl (C=O) groups is 4. The zero-order chi connectivity index (χ0) is 29.4. The second kappa shape index (κ2) is 14.4. The molecule has 11 heteroatoms. The van der Waals surface area contributed by atoms with E-state index >= 15 is 0 Å². The van der Waals surface area contributed by atoms with Crippen molar-refractivity contribution in [2.75, 3.05) is 23.3 Å². The number of hydrogen-bond acceptors (Lipinski definition) is 6. The first-order valence-electron chi connectivity index (χ1n) is 13.7. The normalized spacial score (nSPS) is 16.5. The first-order chi connectivity index (χ1) is 19.8. The van der Waals surface area contributed by atoms with Crippen molar-refractivity contribution in [2.24, 2.45) is 0 Å². The Bertz CT molecular complexity index is 1360. The molecule has 3 amide bonds. The number of unbranched alkanes of at least 4 members (excludes halogenated alkanes) is 7. The van der Waals surface area contributed by atoms with Crippen molar-refractivity contribution in [1.29, 1.82) is 0 Å². The minimum Gasteiger partial charge on any atom is -0.481 e. The number of carbonyl (C=O) groups excluding carboxylic acids is 3. The third-order valence-corrected chi connectivity index (χ3v) is 8.40. The predicted octanol–water partition coefficient (Wildman–Crippen LogP) is 5.98. The molecule has 1 fully saturated rings. The molecule has 2 aromatic carbocycles. The van der Waals surface area contributed by atoms with Gasteiger partial charge in [-0.05, 0) is 43.2 Å². The number of nitrogens with one attached hydrogen (secondary N) is 1. The number of fused-ring (bicyclic) bond motifs is 1. The van der Waals surface area contributed by atoms with Gasteiger partial charge in [0.2, 0.25) is 5.91 Å². The highest BCUT2D eigenvalue weighted by atomic mass is 32.2. The molecule has 0 saturated carbocycles. The maximum absolute atomic E-state index is 13.6. The van der Waals surface area contributed by atoms with Gasteiger partial charge in [0.15, 0.2) is 0 Å². The number of nitrogens with zero attached hydrogens (tertiary/aromatic N) is 2.